The van der Waals surface area contributed by atoms with Gasteiger partial charge < -0.3 is 4.57 Å². The molecule has 0 aliphatic heterocycles. The van der Waals surface area contributed by atoms with Gasteiger partial charge in [-0.3, -0.25) is 24.3 Å². The van der Waals surface area contributed by atoms with Crippen molar-refractivity contribution in [1.29, 1.82) is 0 Å². The Morgan fingerprint density at radius 1 is 1.00 bits per heavy atom. The molecule has 172 valence electrons. The van der Waals surface area contributed by atoms with Gasteiger partial charge in [0, 0.05) is 42.5 Å². The predicted octanol–water partition coefficient (Wildman–Crippen LogP) is 3.08. The molecule has 2 heterocycles. The number of aromatic nitrogens is 2. The number of rotatable bonds is 6. The van der Waals surface area contributed by atoms with Crippen LogP contribution in [0.4, 0.5) is 0 Å². The van der Waals surface area contributed by atoms with Gasteiger partial charge in [-0.15, -0.1) is 0 Å². The van der Waals surface area contributed by atoms with Gasteiger partial charge in [0.1, 0.15) is 0 Å². The summed E-state index contributed by atoms with van der Waals surface area (Å²) in [4.78, 5) is 26.8. The highest BCUT2D eigenvalue weighted by atomic mass is 32.2. The van der Waals surface area contributed by atoms with E-state index in [4.69, 9.17) is 9.76 Å². The van der Waals surface area contributed by atoms with Crippen LogP contribution in [0.3, 0.4) is 0 Å². The van der Waals surface area contributed by atoms with Crippen LogP contribution in [0.1, 0.15) is 27.3 Å². The van der Waals surface area contributed by atoms with E-state index < -0.39 is 16.0 Å². The first-order valence-electron chi connectivity index (χ1n) is 9.56. The molecule has 2 aromatic heterocycles. The first-order chi connectivity index (χ1) is 15.6. The largest absolute Gasteiger partial charge is 0.345 e. The van der Waals surface area contributed by atoms with Crippen molar-refractivity contribution in [1.82, 2.24) is 15.0 Å². The molecular weight excluding hydrogens is 446 g/mol. The van der Waals surface area contributed by atoms with Gasteiger partial charge in [-0.1, -0.05) is 17.7 Å². The van der Waals surface area contributed by atoms with Crippen molar-refractivity contribution in [3.63, 3.8) is 0 Å². The summed E-state index contributed by atoms with van der Waals surface area (Å²) in [6.07, 6.45) is 9.06. The number of aryl methyl sites for hydroxylation is 1. The van der Waals surface area contributed by atoms with E-state index in [9.17, 15) is 18.0 Å². The van der Waals surface area contributed by atoms with Crippen molar-refractivity contribution in [2.45, 2.75) is 11.8 Å². The monoisotopic (exact) mass is 469 g/mol. The van der Waals surface area contributed by atoms with Gasteiger partial charge in [0.05, 0.1) is 4.90 Å². The molecule has 0 fully saturated rings. The Morgan fingerprint density at radius 2 is 1.61 bits per heavy atom. The average molecular weight is 470 g/mol. The number of ketones is 1. The number of carbonyl (C=O) groups excluding carboxylic acids is 2. The minimum absolute atomic E-state index is 0.0666. The van der Waals surface area contributed by atoms with Gasteiger partial charge in [-0.2, -0.15) is 8.42 Å². The van der Waals surface area contributed by atoms with E-state index in [0.29, 0.717) is 5.56 Å². The molecule has 3 N–H and O–H groups in total. The summed E-state index contributed by atoms with van der Waals surface area (Å²) >= 11 is 0. The third-order valence-corrected chi connectivity index (χ3v) is 5.25. The SMILES string of the molecule is Cc1ccc(S(=O)(=O)O)cc1.Cn1c(/C=C/C(=O)NO)ccc1/C=C/C(=O)c1cccnc1. The molecule has 0 aliphatic rings. The fourth-order valence-electron chi connectivity index (χ4n) is 2.55. The van der Waals surface area contributed by atoms with E-state index in [-0.39, 0.29) is 10.7 Å². The standard InChI is InChI=1S/C16H15N3O3.C7H8O3S/c1-19-13(4-5-14(19)7-9-16(21)18-22)6-8-15(20)12-3-2-10-17-11-12;1-6-2-4-7(5-3-6)11(8,9)10/h2-11,22H,1H3,(H,18,21);2-5H,1H3,(H,8,9,10)/b8-6+,9-7+;. The molecule has 1 amide bonds. The number of hydrogen-bond donors (Lipinski definition) is 3. The maximum Gasteiger partial charge on any atom is 0.294 e. The van der Waals surface area contributed by atoms with Gasteiger partial charge in [-0.05, 0) is 61.5 Å². The molecule has 3 rings (SSSR count). The summed E-state index contributed by atoms with van der Waals surface area (Å²) in [7, 11) is -2.21. The average Bonchev–Trinajstić information content (AvgIpc) is 3.15. The first kappa shape index (κ1) is 25.4. The second kappa shape index (κ2) is 11.7. The summed E-state index contributed by atoms with van der Waals surface area (Å²) in [5.41, 5.74) is 4.57. The van der Waals surface area contributed by atoms with Crippen molar-refractivity contribution < 1.29 is 27.8 Å². The summed E-state index contributed by atoms with van der Waals surface area (Å²) in [5.74, 6) is -0.740. The minimum Gasteiger partial charge on any atom is -0.345 e. The molecule has 0 saturated carbocycles. The zero-order valence-corrected chi connectivity index (χ0v) is 18.7. The number of nitrogens with zero attached hydrogens (tertiary/aromatic N) is 2. The topological polar surface area (TPSA) is 139 Å². The van der Waals surface area contributed by atoms with Crippen molar-refractivity contribution in [2.75, 3.05) is 0 Å². The molecule has 9 nitrogen and oxygen atoms in total. The molecule has 33 heavy (non-hydrogen) atoms. The van der Waals surface area contributed by atoms with Gasteiger partial charge in [0.2, 0.25) is 0 Å². The van der Waals surface area contributed by atoms with Crippen molar-refractivity contribution >= 4 is 34.0 Å². The van der Waals surface area contributed by atoms with E-state index in [1.165, 1.54) is 36.0 Å². The number of hydrogen-bond acceptors (Lipinski definition) is 6. The van der Waals surface area contributed by atoms with Crippen molar-refractivity contribution in [2.24, 2.45) is 7.05 Å². The predicted molar refractivity (Wildman–Crippen MR) is 123 cm³/mol. The molecule has 0 unspecified atom stereocenters. The highest BCUT2D eigenvalue weighted by Crippen LogP contribution is 2.12. The zero-order chi connectivity index (χ0) is 24.4. The van der Waals surface area contributed by atoms with Gasteiger partial charge in [0.25, 0.3) is 16.0 Å². The van der Waals surface area contributed by atoms with E-state index in [1.807, 2.05) is 24.6 Å². The number of nitrogens with one attached hydrogen (secondary N) is 1. The van der Waals surface area contributed by atoms with E-state index in [2.05, 4.69) is 4.98 Å². The van der Waals surface area contributed by atoms with Crippen molar-refractivity contribution in [3.8, 4) is 0 Å². The molecule has 0 aliphatic carbocycles. The molecule has 0 spiro atoms. The summed E-state index contributed by atoms with van der Waals surface area (Å²) in [5, 5.41) is 8.43. The second-order valence-electron chi connectivity index (χ2n) is 6.78. The third kappa shape index (κ3) is 7.96. The Hall–Kier alpha value is -3.86. The number of hydroxylamine groups is 1. The molecule has 0 radical (unpaired) electrons. The number of pyridine rings is 1. The summed E-state index contributed by atoms with van der Waals surface area (Å²) in [6, 6.07) is 13.0. The highest BCUT2D eigenvalue weighted by molar-refractivity contribution is 7.85. The lowest BCUT2D eigenvalue weighted by atomic mass is 10.2. The lowest BCUT2D eigenvalue weighted by molar-refractivity contribution is -0.124. The smallest absolute Gasteiger partial charge is 0.294 e. The number of amides is 1. The van der Waals surface area contributed by atoms with Crippen LogP contribution < -0.4 is 5.48 Å². The Labute approximate surface area is 191 Å². The number of allylic oxidation sites excluding steroid dienone is 1. The van der Waals surface area contributed by atoms with Crippen LogP contribution in [-0.2, 0) is 22.0 Å². The first-order valence-corrected chi connectivity index (χ1v) is 11.0. The maximum absolute atomic E-state index is 12.0. The summed E-state index contributed by atoms with van der Waals surface area (Å²) < 4.78 is 31.4. The van der Waals surface area contributed by atoms with Crippen LogP contribution in [0.5, 0.6) is 0 Å². The van der Waals surface area contributed by atoms with Crippen LogP contribution in [-0.4, -0.2) is 39.4 Å². The molecule has 1 aromatic carbocycles. The molecule has 3 aromatic rings. The zero-order valence-electron chi connectivity index (χ0n) is 17.9. The quantitative estimate of drug-likeness (QED) is 0.166. The lowest BCUT2D eigenvalue weighted by Gasteiger charge is -2.01. The molecule has 0 saturated heterocycles. The van der Waals surface area contributed by atoms with Crippen LogP contribution >= 0.6 is 0 Å². The fourth-order valence-corrected chi connectivity index (χ4v) is 3.03. The highest BCUT2D eigenvalue weighted by Gasteiger charge is 2.07. The number of benzene rings is 1. The van der Waals surface area contributed by atoms with E-state index in [1.54, 1.807) is 48.7 Å². The second-order valence-corrected chi connectivity index (χ2v) is 8.20. The minimum atomic E-state index is -4.02. The normalized spacial score (nSPS) is 11.3. The van der Waals surface area contributed by atoms with Gasteiger partial charge in [-0.25, -0.2) is 5.48 Å². The Morgan fingerprint density at radius 3 is 2.12 bits per heavy atom. The molecule has 0 bridgehead atoms. The van der Waals surface area contributed by atoms with Gasteiger partial charge in [0.15, 0.2) is 5.78 Å². The third-order valence-electron chi connectivity index (χ3n) is 4.39. The van der Waals surface area contributed by atoms with Gasteiger partial charge >= 0.3 is 0 Å². The summed E-state index contributed by atoms with van der Waals surface area (Å²) in [6.45, 7) is 1.84. The van der Waals surface area contributed by atoms with E-state index >= 15 is 0 Å². The molecular formula is C23H23N3O6S. The van der Waals surface area contributed by atoms with E-state index in [0.717, 1.165) is 17.0 Å². The fraction of sp³-hybridized carbons (Fsp3) is 0.0870. The van der Waals surface area contributed by atoms with Crippen LogP contribution in [0.2, 0.25) is 0 Å². The van der Waals surface area contributed by atoms with Crippen LogP contribution in [0.25, 0.3) is 12.2 Å². The Kier molecular flexibility index (Phi) is 8.98. The number of carbonyl (C=O) groups is 2. The van der Waals surface area contributed by atoms with Crippen LogP contribution in [0, 0.1) is 6.92 Å². The molecule has 0 atom stereocenters. The maximum atomic E-state index is 12.0. The van der Waals surface area contributed by atoms with Crippen LogP contribution in [0.15, 0.2) is 78.0 Å². The lowest BCUT2D eigenvalue weighted by Crippen LogP contribution is -2.14. The Balaban J connectivity index is 0.000000294. The Bertz CT molecular complexity index is 1260. The molecule has 10 heteroatoms. The van der Waals surface area contributed by atoms with Crippen molar-refractivity contribution in [3.05, 3.63) is 95.6 Å².